The normalized spacial score (nSPS) is 24.6. The van der Waals surface area contributed by atoms with Crippen LogP contribution in [0.2, 0.25) is 0 Å². The third kappa shape index (κ3) is 4.49. The van der Waals surface area contributed by atoms with Gasteiger partial charge in [-0.1, -0.05) is 19.3 Å². The lowest BCUT2D eigenvalue weighted by Gasteiger charge is -2.14. The highest BCUT2D eigenvalue weighted by molar-refractivity contribution is 5.79. The molecule has 1 aliphatic carbocycles. The largest absolute Gasteiger partial charge is 0.396 e. The lowest BCUT2D eigenvalue weighted by Crippen LogP contribution is -2.38. The van der Waals surface area contributed by atoms with Crippen molar-refractivity contribution in [1.29, 1.82) is 0 Å². The van der Waals surface area contributed by atoms with E-state index < -0.39 is 0 Å². The van der Waals surface area contributed by atoms with Crippen molar-refractivity contribution in [2.75, 3.05) is 13.2 Å². The monoisotopic (exact) mass is 228 g/mol. The lowest BCUT2D eigenvalue weighted by atomic mass is 10.0. The summed E-state index contributed by atoms with van der Waals surface area (Å²) in [5.74, 6) is 0.171. The molecule has 0 spiro atoms. The number of unbranched alkanes of at least 4 members (excludes halogenated alkanes) is 3. The molecule has 16 heavy (non-hydrogen) atoms. The van der Waals surface area contributed by atoms with Crippen LogP contribution in [0, 0.1) is 5.92 Å². The average Bonchev–Trinajstić information content (AvgIpc) is 2.69. The van der Waals surface area contributed by atoms with Crippen LogP contribution in [0.15, 0.2) is 0 Å². The Morgan fingerprint density at radius 3 is 2.62 bits per heavy atom. The second kappa shape index (κ2) is 7.63. The third-order valence-corrected chi connectivity index (χ3v) is 3.29. The summed E-state index contributed by atoms with van der Waals surface area (Å²) in [6.45, 7) is 1.01. The van der Waals surface area contributed by atoms with E-state index in [9.17, 15) is 4.79 Å². The maximum atomic E-state index is 11.7. The smallest absolute Gasteiger partial charge is 0.224 e. The van der Waals surface area contributed by atoms with Gasteiger partial charge in [0.1, 0.15) is 0 Å². The molecule has 1 saturated carbocycles. The molecule has 0 aromatic carbocycles. The number of amides is 1. The molecule has 4 N–H and O–H groups in total. The van der Waals surface area contributed by atoms with Crippen LogP contribution in [0.4, 0.5) is 0 Å². The lowest BCUT2D eigenvalue weighted by molar-refractivity contribution is -0.125. The van der Waals surface area contributed by atoms with Crippen molar-refractivity contribution in [2.24, 2.45) is 11.7 Å². The summed E-state index contributed by atoms with van der Waals surface area (Å²) in [6.07, 6.45) is 6.96. The zero-order chi connectivity index (χ0) is 11.8. The Bertz CT molecular complexity index is 209. The predicted molar refractivity (Wildman–Crippen MR) is 63.9 cm³/mol. The highest BCUT2D eigenvalue weighted by atomic mass is 16.2. The minimum atomic E-state index is 0.0393. The molecule has 0 radical (unpaired) electrons. The maximum Gasteiger partial charge on any atom is 0.224 e. The minimum absolute atomic E-state index is 0.0393. The number of hydrogen-bond acceptors (Lipinski definition) is 3. The Kier molecular flexibility index (Phi) is 6.42. The summed E-state index contributed by atoms with van der Waals surface area (Å²) in [5.41, 5.74) is 5.86. The first-order chi connectivity index (χ1) is 7.75. The number of carbonyl (C=O) groups excluding carboxylic acids is 1. The summed E-state index contributed by atoms with van der Waals surface area (Å²) >= 11 is 0. The molecule has 0 bridgehead atoms. The Labute approximate surface area is 97.6 Å². The van der Waals surface area contributed by atoms with Crippen LogP contribution in [-0.2, 0) is 4.79 Å². The Balaban J connectivity index is 2.02. The van der Waals surface area contributed by atoms with Gasteiger partial charge in [-0.2, -0.15) is 0 Å². The number of aliphatic hydroxyl groups excluding tert-OH is 1. The van der Waals surface area contributed by atoms with E-state index >= 15 is 0 Å². The van der Waals surface area contributed by atoms with Crippen molar-refractivity contribution in [3.8, 4) is 0 Å². The highest BCUT2D eigenvalue weighted by Gasteiger charge is 2.29. The standard InChI is InChI=1S/C12H24N2O2/c13-11-7-5-6-10(11)12(16)14-8-3-1-2-4-9-15/h10-11,15H,1-9,13H2,(H,14,16). The molecule has 4 nitrogen and oxygen atoms in total. The van der Waals surface area contributed by atoms with Gasteiger partial charge in [-0.15, -0.1) is 0 Å². The van der Waals surface area contributed by atoms with E-state index in [1.807, 2.05) is 0 Å². The number of carbonyl (C=O) groups is 1. The summed E-state index contributed by atoms with van der Waals surface area (Å²) in [6, 6.07) is 0.0642. The first-order valence-electron chi connectivity index (χ1n) is 6.40. The highest BCUT2D eigenvalue weighted by Crippen LogP contribution is 2.23. The molecule has 2 unspecified atom stereocenters. The molecule has 1 amide bonds. The van der Waals surface area contributed by atoms with Gasteiger partial charge < -0.3 is 16.2 Å². The maximum absolute atomic E-state index is 11.7. The molecule has 94 valence electrons. The fourth-order valence-corrected chi connectivity index (χ4v) is 2.25. The van der Waals surface area contributed by atoms with Crippen molar-refractivity contribution in [1.82, 2.24) is 5.32 Å². The number of aliphatic hydroxyl groups is 1. The van der Waals surface area contributed by atoms with Gasteiger partial charge in [0.15, 0.2) is 0 Å². The second-order valence-corrected chi connectivity index (χ2v) is 4.63. The van der Waals surface area contributed by atoms with Gasteiger partial charge in [-0.05, 0) is 25.7 Å². The zero-order valence-electron chi connectivity index (χ0n) is 9.95. The topological polar surface area (TPSA) is 75.4 Å². The summed E-state index contributed by atoms with van der Waals surface area (Å²) in [5, 5.41) is 11.6. The molecule has 1 rings (SSSR count). The van der Waals surface area contributed by atoms with Crippen LogP contribution in [0.5, 0.6) is 0 Å². The molecule has 1 fully saturated rings. The van der Waals surface area contributed by atoms with Crippen molar-refractivity contribution >= 4 is 5.91 Å². The fraction of sp³-hybridized carbons (Fsp3) is 0.917. The van der Waals surface area contributed by atoms with E-state index in [2.05, 4.69) is 5.32 Å². The fourth-order valence-electron chi connectivity index (χ4n) is 2.25. The van der Waals surface area contributed by atoms with Crippen molar-refractivity contribution in [3.05, 3.63) is 0 Å². The van der Waals surface area contributed by atoms with Crippen LogP contribution < -0.4 is 11.1 Å². The van der Waals surface area contributed by atoms with Crippen molar-refractivity contribution in [2.45, 2.75) is 51.0 Å². The van der Waals surface area contributed by atoms with Gasteiger partial charge in [-0.3, -0.25) is 4.79 Å². The number of nitrogens with one attached hydrogen (secondary N) is 1. The Morgan fingerprint density at radius 2 is 2.00 bits per heavy atom. The molecule has 4 heteroatoms. The van der Waals surface area contributed by atoms with Gasteiger partial charge in [0.2, 0.25) is 5.91 Å². The Morgan fingerprint density at radius 1 is 1.25 bits per heavy atom. The van der Waals surface area contributed by atoms with E-state index in [1.54, 1.807) is 0 Å². The van der Waals surface area contributed by atoms with Crippen LogP contribution in [0.3, 0.4) is 0 Å². The third-order valence-electron chi connectivity index (χ3n) is 3.29. The quantitative estimate of drug-likeness (QED) is 0.564. The molecular formula is C12H24N2O2. The van der Waals surface area contributed by atoms with Gasteiger partial charge in [0.25, 0.3) is 0 Å². The molecule has 0 heterocycles. The minimum Gasteiger partial charge on any atom is -0.396 e. The molecule has 0 aromatic rings. The summed E-state index contributed by atoms with van der Waals surface area (Å²) in [4.78, 5) is 11.7. The summed E-state index contributed by atoms with van der Waals surface area (Å²) < 4.78 is 0. The first kappa shape index (κ1) is 13.5. The van der Waals surface area contributed by atoms with E-state index in [0.717, 1.165) is 51.5 Å². The van der Waals surface area contributed by atoms with E-state index in [0.29, 0.717) is 0 Å². The van der Waals surface area contributed by atoms with Crippen LogP contribution >= 0.6 is 0 Å². The molecule has 0 aliphatic heterocycles. The van der Waals surface area contributed by atoms with Crippen LogP contribution in [0.25, 0.3) is 0 Å². The average molecular weight is 228 g/mol. The molecule has 1 aliphatic rings. The van der Waals surface area contributed by atoms with Crippen LogP contribution in [0.1, 0.15) is 44.9 Å². The number of nitrogens with two attached hydrogens (primary N) is 1. The van der Waals surface area contributed by atoms with Crippen molar-refractivity contribution < 1.29 is 9.90 Å². The van der Waals surface area contributed by atoms with Crippen molar-refractivity contribution in [3.63, 3.8) is 0 Å². The first-order valence-corrected chi connectivity index (χ1v) is 6.40. The Hall–Kier alpha value is -0.610. The predicted octanol–water partition coefficient (Wildman–Crippen LogP) is 0.783. The van der Waals surface area contributed by atoms with E-state index in [4.69, 9.17) is 10.8 Å². The summed E-state index contributed by atoms with van der Waals surface area (Å²) in [7, 11) is 0. The number of rotatable bonds is 7. The van der Waals surface area contributed by atoms with Crippen LogP contribution in [-0.4, -0.2) is 30.2 Å². The van der Waals surface area contributed by atoms with Gasteiger partial charge in [0.05, 0.1) is 5.92 Å². The van der Waals surface area contributed by atoms with E-state index in [-0.39, 0.29) is 24.5 Å². The van der Waals surface area contributed by atoms with Gasteiger partial charge in [0, 0.05) is 19.2 Å². The molecular weight excluding hydrogens is 204 g/mol. The zero-order valence-corrected chi connectivity index (χ0v) is 9.95. The number of hydrogen-bond donors (Lipinski definition) is 3. The van der Waals surface area contributed by atoms with E-state index in [1.165, 1.54) is 0 Å². The van der Waals surface area contributed by atoms with Gasteiger partial charge in [-0.25, -0.2) is 0 Å². The second-order valence-electron chi connectivity index (χ2n) is 4.63. The molecule has 0 saturated heterocycles. The molecule has 0 aromatic heterocycles. The SMILES string of the molecule is NC1CCCC1C(=O)NCCCCCCO. The van der Waals surface area contributed by atoms with Gasteiger partial charge >= 0.3 is 0 Å². The molecule has 2 atom stereocenters.